The van der Waals surface area contributed by atoms with Crippen molar-refractivity contribution in [3.63, 3.8) is 0 Å². The second kappa shape index (κ2) is 7.61. The summed E-state index contributed by atoms with van der Waals surface area (Å²) in [5.41, 5.74) is 0.342. The number of nitrogens with one attached hydrogen (secondary N) is 1. The SMILES string of the molecule is Cc1ccc(F)c(NC(=O)[C@H]2CC(=O)N(Cc3cccc(C(F)(F)F)c3)C2)c1. The van der Waals surface area contributed by atoms with Crippen molar-refractivity contribution in [2.75, 3.05) is 11.9 Å². The molecule has 2 aromatic carbocycles. The van der Waals surface area contributed by atoms with Crippen molar-refractivity contribution in [1.82, 2.24) is 4.90 Å². The first-order valence-corrected chi connectivity index (χ1v) is 8.64. The Morgan fingerprint density at radius 2 is 1.96 bits per heavy atom. The van der Waals surface area contributed by atoms with Crippen LogP contribution in [0.25, 0.3) is 0 Å². The van der Waals surface area contributed by atoms with Gasteiger partial charge in [-0.15, -0.1) is 0 Å². The number of anilines is 1. The first-order valence-electron chi connectivity index (χ1n) is 8.64. The van der Waals surface area contributed by atoms with E-state index >= 15 is 0 Å². The maximum atomic E-state index is 13.8. The molecule has 0 radical (unpaired) electrons. The smallest absolute Gasteiger partial charge is 0.338 e. The molecule has 1 heterocycles. The summed E-state index contributed by atoms with van der Waals surface area (Å²) in [6, 6.07) is 9.03. The van der Waals surface area contributed by atoms with Crippen LogP contribution < -0.4 is 5.32 Å². The Morgan fingerprint density at radius 1 is 1.21 bits per heavy atom. The number of aryl methyl sites for hydroxylation is 1. The molecule has 2 aromatic rings. The summed E-state index contributed by atoms with van der Waals surface area (Å²) in [6.07, 6.45) is -4.54. The normalized spacial score (nSPS) is 17.1. The van der Waals surface area contributed by atoms with Gasteiger partial charge >= 0.3 is 6.18 Å². The van der Waals surface area contributed by atoms with Crippen molar-refractivity contribution in [2.45, 2.75) is 26.1 Å². The summed E-state index contributed by atoms with van der Waals surface area (Å²) < 4.78 is 52.3. The summed E-state index contributed by atoms with van der Waals surface area (Å²) in [5.74, 6) is -2.10. The van der Waals surface area contributed by atoms with Crippen molar-refractivity contribution in [2.24, 2.45) is 5.92 Å². The lowest BCUT2D eigenvalue weighted by Gasteiger charge is -2.18. The average molecular weight is 394 g/mol. The van der Waals surface area contributed by atoms with Crippen molar-refractivity contribution in [3.05, 3.63) is 65.0 Å². The first-order chi connectivity index (χ1) is 13.1. The van der Waals surface area contributed by atoms with Crippen LogP contribution in [0.1, 0.15) is 23.1 Å². The molecule has 0 bridgehead atoms. The van der Waals surface area contributed by atoms with Gasteiger partial charge < -0.3 is 10.2 Å². The minimum absolute atomic E-state index is 0.0225. The van der Waals surface area contributed by atoms with E-state index in [1.165, 1.54) is 29.2 Å². The molecule has 28 heavy (non-hydrogen) atoms. The Hall–Kier alpha value is -2.90. The second-order valence-corrected chi connectivity index (χ2v) is 6.85. The van der Waals surface area contributed by atoms with Gasteiger partial charge in [-0.2, -0.15) is 13.2 Å². The molecule has 0 aliphatic carbocycles. The van der Waals surface area contributed by atoms with Gasteiger partial charge in [0, 0.05) is 19.5 Å². The molecule has 1 atom stereocenters. The first kappa shape index (κ1) is 19.9. The maximum Gasteiger partial charge on any atom is 0.416 e. The molecule has 0 saturated carbocycles. The zero-order chi connectivity index (χ0) is 20.5. The van der Waals surface area contributed by atoms with Gasteiger partial charge in [0.2, 0.25) is 11.8 Å². The highest BCUT2D eigenvalue weighted by Gasteiger charge is 2.35. The molecule has 8 heteroatoms. The van der Waals surface area contributed by atoms with E-state index in [1.54, 1.807) is 13.0 Å². The number of nitrogens with zero attached hydrogens (tertiary/aromatic N) is 1. The van der Waals surface area contributed by atoms with Gasteiger partial charge in [0.05, 0.1) is 17.2 Å². The van der Waals surface area contributed by atoms with Gasteiger partial charge in [0.15, 0.2) is 0 Å². The Balaban J connectivity index is 1.66. The standard InChI is InChI=1S/C20H18F4N2O2/c1-12-5-6-16(21)17(7-12)25-19(28)14-9-18(27)26(11-14)10-13-3-2-4-15(8-13)20(22,23)24/h2-8,14H,9-11H2,1H3,(H,25,28)/t14-/m0/s1. The van der Waals surface area contributed by atoms with E-state index in [-0.39, 0.29) is 31.1 Å². The van der Waals surface area contributed by atoms with Crippen LogP contribution in [0.4, 0.5) is 23.2 Å². The van der Waals surface area contributed by atoms with Crippen LogP contribution in [-0.2, 0) is 22.3 Å². The van der Waals surface area contributed by atoms with Crippen LogP contribution in [0.2, 0.25) is 0 Å². The molecule has 0 unspecified atom stereocenters. The topological polar surface area (TPSA) is 49.4 Å². The summed E-state index contributed by atoms with van der Waals surface area (Å²) in [7, 11) is 0. The molecule has 1 aliphatic heterocycles. The maximum absolute atomic E-state index is 13.8. The number of hydrogen-bond donors (Lipinski definition) is 1. The van der Waals surface area contributed by atoms with Crippen LogP contribution in [0, 0.1) is 18.7 Å². The van der Waals surface area contributed by atoms with Gasteiger partial charge in [0.25, 0.3) is 0 Å². The van der Waals surface area contributed by atoms with E-state index in [4.69, 9.17) is 0 Å². The second-order valence-electron chi connectivity index (χ2n) is 6.85. The number of amides is 2. The zero-order valence-electron chi connectivity index (χ0n) is 15.0. The fourth-order valence-corrected chi connectivity index (χ4v) is 3.14. The van der Waals surface area contributed by atoms with Crippen molar-refractivity contribution >= 4 is 17.5 Å². The van der Waals surface area contributed by atoms with Crippen LogP contribution in [0.3, 0.4) is 0 Å². The highest BCUT2D eigenvalue weighted by molar-refractivity contribution is 5.97. The van der Waals surface area contributed by atoms with E-state index in [1.807, 2.05) is 0 Å². The summed E-state index contributed by atoms with van der Waals surface area (Å²) in [6.45, 7) is 1.80. The number of halogens is 4. The number of benzene rings is 2. The molecule has 1 N–H and O–H groups in total. The lowest BCUT2D eigenvalue weighted by Crippen LogP contribution is -2.28. The predicted molar refractivity (Wildman–Crippen MR) is 94.7 cm³/mol. The third-order valence-electron chi connectivity index (χ3n) is 4.59. The molecular weight excluding hydrogens is 376 g/mol. The molecule has 0 spiro atoms. The van der Waals surface area contributed by atoms with Gasteiger partial charge in [0.1, 0.15) is 5.82 Å². The number of likely N-dealkylation sites (tertiary alicyclic amines) is 1. The Kier molecular flexibility index (Phi) is 5.40. The highest BCUT2D eigenvalue weighted by Crippen LogP contribution is 2.30. The lowest BCUT2D eigenvalue weighted by molar-refractivity contribution is -0.137. The number of carbonyl (C=O) groups excluding carboxylic acids is 2. The summed E-state index contributed by atoms with van der Waals surface area (Å²) >= 11 is 0. The molecule has 148 valence electrons. The highest BCUT2D eigenvalue weighted by atomic mass is 19.4. The van der Waals surface area contributed by atoms with E-state index < -0.39 is 29.4 Å². The number of hydrogen-bond acceptors (Lipinski definition) is 2. The largest absolute Gasteiger partial charge is 0.416 e. The Labute approximate surface area is 159 Å². The Morgan fingerprint density at radius 3 is 2.68 bits per heavy atom. The number of carbonyl (C=O) groups is 2. The van der Waals surface area contributed by atoms with Crippen molar-refractivity contribution in [3.8, 4) is 0 Å². The number of rotatable bonds is 4. The van der Waals surface area contributed by atoms with Crippen LogP contribution in [0.15, 0.2) is 42.5 Å². The molecule has 1 saturated heterocycles. The van der Waals surface area contributed by atoms with Crippen LogP contribution >= 0.6 is 0 Å². The van der Waals surface area contributed by atoms with Gasteiger partial charge in [-0.3, -0.25) is 9.59 Å². The monoisotopic (exact) mass is 394 g/mol. The predicted octanol–water partition coefficient (Wildman–Crippen LogP) is 4.14. The van der Waals surface area contributed by atoms with E-state index in [2.05, 4.69) is 5.32 Å². The minimum Gasteiger partial charge on any atom is -0.338 e. The lowest BCUT2D eigenvalue weighted by atomic mass is 10.1. The zero-order valence-corrected chi connectivity index (χ0v) is 15.0. The molecule has 1 fully saturated rings. The summed E-state index contributed by atoms with van der Waals surface area (Å²) in [5, 5.41) is 2.49. The summed E-state index contributed by atoms with van der Waals surface area (Å²) in [4.78, 5) is 25.9. The van der Waals surface area contributed by atoms with Crippen LogP contribution in [0.5, 0.6) is 0 Å². The fourth-order valence-electron chi connectivity index (χ4n) is 3.14. The van der Waals surface area contributed by atoms with Crippen molar-refractivity contribution < 1.29 is 27.2 Å². The molecule has 2 amide bonds. The number of alkyl halides is 3. The molecule has 4 nitrogen and oxygen atoms in total. The van der Waals surface area contributed by atoms with E-state index in [9.17, 15) is 27.2 Å². The fraction of sp³-hybridized carbons (Fsp3) is 0.300. The van der Waals surface area contributed by atoms with Gasteiger partial charge in [-0.05, 0) is 42.3 Å². The molecular formula is C20H18F4N2O2. The van der Waals surface area contributed by atoms with Crippen molar-refractivity contribution in [1.29, 1.82) is 0 Å². The molecule has 1 aliphatic rings. The van der Waals surface area contributed by atoms with Crippen LogP contribution in [-0.4, -0.2) is 23.3 Å². The molecule has 3 rings (SSSR count). The van der Waals surface area contributed by atoms with Gasteiger partial charge in [-0.25, -0.2) is 4.39 Å². The van der Waals surface area contributed by atoms with Gasteiger partial charge in [-0.1, -0.05) is 18.2 Å². The third kappa shape index (κ3) is 4.49. The Bertz CT molecular complexity index is 911. The van der Waals surface area contributed by atoms with E-state index in [0.29, 0.717) is 5.56 Å². The third-order valence-corrected chi connectivity index (χ3v) is 4.59. The minimum atomic E-state index is -4.47. The quantitative estimate of drug-likeness (QED) is 0.793. The average Bonchev–Trinajstić information content (AvgIpc) is 2.98. The van der Waals surface area contributed by atoms with E-state index in [0.717, 1.165) is 17.7 Å². The molecule has 0 aromatic heterocycles.